The summed E-state index contributed by atoms with van der Waals surface area (Å²) in [5, 5.41) is 11.8. The average Bonchev–Trinajstić information content (AvgIpc) is 3.54. The molecule has 2 aromatic rings. The fraction of sp³-hybridized carbons (Fsp3) is 0.500. The van der Waals surface area contributed by atoms with E-state index < -0.39 is 0 Å². The Hall–Kier alpha value is -3.33. The van der Waals surface area contributed by atoms with Gasteiger partial charge in [-0.25, -0.2) is 9.97 Å². The Morgan fingerprint density at radius 1 is 1.00 bits per heavy atom. The van der Waals surface area contributed by atoms with Crippen LogP contribution in [0.15, 0.2) is 58.2 Å². The molecular weight excluding hydrogens is 440 g/mol. The molecule has 1 saturated heterocycles. The van der Waals surface area contributed by atoms with E-state index in [4.69, 9.17) is 0 Å². The van der Waals surface area contributed by atoms with Crippen molar-refractivity contribution in [3.63, 3.8) is 0 Å². The molecule has 1 aromatic carbocycles. The number of azo groups is 1. The molecule has 0 bridgehead atoms. The van der Waals surface area contributed by atoms with E-state index >= 15 is 0 Å². The topological polar surface area (TPSA) is 89.3 Å². The lowest BCUT2D eigenvalue weighted by Gasteiger charge is -2.36. The van der Waals surface area contributed by atoms with Gasteiger partial charge < -0.3 is 15.1 Å². The van der Waals surface area contributed by atoms with Crippen molar-refractivity contribution in [2.24, 2.45) is 10.2 Å². The summed E-state index contributed by atoms with van der Waals surface area (Å²) in [4.78, 5) is 28.6. The van der Waals surface area contributed by atoms with Gasteiger partial charge in [-0.05, 0) is 29.5 Å². The summed E-state index contributed by atoms with van der Waals surface area (Å²) in [6, 6.07) is 8.99. The van der Waals surface area contributed by atoms with Crippen LogP contribution in [0.25, 0.3) is 0 Å². The second-order valence-electron chi connectivity index (χ2n) is 9.88. The maximum absolute atomic E-state index is 12.7. The number of hydrogen-bond acceptors (Lipinski definition) is 8. The highest BCUT2D eigenvalue weighted by Gasteiger charge is 2.26. The standard InChI is InChI=1S/C26H32N8O/c35-25(34-8-5-24-21(18-34)15-29-31-24)6-7-32-9-11-33(12-10-32)23-16-27-26(28-17-23)30-22-13-19-3-1-2-4-20(19)14-22/h1-4,16-17,22H,5-15,18H2,(H,27,28,30). The van der Waals surface area contributed by atoms with E-state index in [-0.39, 0.29) is 5.91 Å². The third-order valence-corrected chi connectivity index (χ3v) is 7.62. The van der Waals surface area contributed by atoms with Crippen molar-refractivity contribution in [1.82, 2.24) is 19.8 Å². The van der Waals surface area contributed by atoms with Gasteiger partial charge in [-0.15, -0.1) is 0 Å². The maximum Gasteiger partial charge on any atom is 0.224 e. The molecule has 182 valence electrons. The third kappa shape index (κ3) is 4.91. The lowest BCUT2D eigenvalue weighted by molar-refractivity contribution is -0.131. The molecule has 1 N–H and O–H groups in total. The molecule has 1 fully saturated rings. The predicted octanol–water partition coefficient (Wildman–Crippen LogP) is 2.52. The van der Waals surface area contributed by atoms with Crippen molar-refractivity contribution >= 4 is 17.5 Å². The minimum absolute atomic E-state index is 0.243. The number of anilines is 2. The van der Waals surface area contributed by atoms with Gasteiger partial charge in [-0.1, -0.05) is 24.3 Å². The molecule has 0 radical (unpaired) electrons. The van der Waals surface area contributed by atoms with E-state index in [2.05, 4.69) is 59.6 Å². The Balaban J connectivity index is 0.938. The van der Waals surface area contributed by atoms with E-state index in [1.165, 1.54) is 16.7 Å². The molecule has 0 atom stereocenters. The molecule has 9 nitrogen and oxygen atoms in total. The first kappa shape index (κ1) is 22.2. The number of fused-ring (bicyclic) bond motifs is 1. The van der Waals surface area contributed by atoms with Gasteiger partial charge in [0.1, 0.15) is 0 Å². The Labute approximate surface area is 205 Å². The highest BCUT2D eigenvalue weighted by Crippen LogP contribution is 2.25. The van der Waals surface area contributed by atoms with Gasteiger partial charge in [0.25, 0.3) is 0 Å². The summed E-state index contributed by atoms with van der Waals surface area (Å²) < 4.78 is 0. The molecular formula is C26H32N8O. The van der Waals surface area contributed by atoms with Gasteiger partial charge in [-0.3, -0.25) is 9.69 Å². The zero-order valence-corrected chi connectivity index (χ0v) is 20.1. The summed E-state index contributed by atoms with van der Waals surface area (Å²) in [7, 11) is 0. The molecule has 0 unspecified atom stereocenters. The highest BCUT2D eigenvalue weighted by atomic mass is 16.2. The summed E-state index contributed by atoms with van der Waals surface area (Å²) in [5.41, 5.74) is 6.22. The van der Waals surface area contributed by atoms with Crippen LogP contribution in [0, 0.1) is 0 Å². The second-order valence-corrected chi connectivity index (χ2v) is 9.88. The van der Waals surface area contributed by atoms with Crippen molar-refractivity contribution in [2.45, 2.75) is 31.7 Å². The minimum atomic E-state index is 0.243. The molecule has 1 aromatic heterocycles. The van der Waals surface area contributed by atoms with Crippen molar-refractivity contribution < 1.29 is 4.79 Å². The Morgan fingerprint density at radius 3 is 2.49 bits per heavy atom. The SMILES string of the molecule is O=C(CCN1CCN(c2cnc(NC3Cc4ccccc4C3)nc2)CC1)N1CCC2=C(CN=N2)C1. The summed E-state index contributed by atoms with van der Waals surface area (Å²) >= 11 is 0. The molecule has 1 amide bonds. The van der Waals surface area contributed by atoms with Crippen LogP contribution >= 0.6 is 0 Å². The Bertz CT molecular complexity index is 1110. The highest BCUT2D eigenvalue weighted by molar-refractivity contribution is 5.77. The van der Waals surface area contributed by atoms with E-state index in [0.29, 0.717) is 31.5 Å². The average molecular weight is 473 g/mol. The molecule has 6 rings (SSSR count). The molecule has 0 spiro atoms. The largest absolute Gasteiger partial charge is 0.366 e. The first-order chi connectivity index (χ1) is 17.2. The number of hydrogen-bond donors (Lipinski definition) is 1. The van der Waals surface area contributed by atoms with Gasteiger partial charge in [0, 0.05) is 64.7 Å². The minimum Gasteiger partial charge on any atom is -0.366 e. The number of rotatable bonds is 6. The zero-order valence-electron chi connectivity index (χ0n) is 20.1. The lowest BCUT2D eigenvalue weighted by atomic mass is 10.1. The lowest BCUT2D eigenvalue weighted by Crippen LogP contribution is -2.47. The maximum atomic E-state index is 12.7. The molecule has 9 heteroatoms. The van der Waals surface area contributed by atoms with Crippen LogP contribution < -0.4 is 10.2 Å². The summed E-state index contributed by atoms with van der Waals surface area (Å²) in [6.07, 6.45) is 7.32. The second kappa shape index (κ2) is 9.73. The van der Waals surface area contributed by atoms with Gasteiger partial charge in [-0.2, -0.15) is 10.2 Å². The summed E-state index contributed by atoms with van der Waals surface area (Å²) in [6.45, 7) is 6.68. The Morgan fingerprint density at radius 2 is 1.74 bits per heavy atom. The number of nitrogens with zero attached hydrogens (tertiary/aromatic N) is 7. The summed E-state index contributed by atoms with van der Waals surface area (Å²) in [5.74, 6) is 0.942. The van der Waals surface area contributed by atoms with Crippen LogP contribution in [0.5, 0.6) is 0 Å². The first-order valence-electron chi connectivity index (χ1n) is 12.7. The molecule has 3 aliphatic heterocycles. The fourth-order valence-corrected chi connectivity index (χ4v) is 5.54. The van der Waals surface area contributed by atoms with E-state index in [1.54, 1.807) is 0 Å². The van der Waals surface area contributed by atoms with Crippen LogP contribution in [0.2, 0.25) is 0 Å². The van der Waals surface area contributed by atoms with Crippen molar-refractivity contribution in [2.75, 3.05) is 62.6 Å². The first-order valence-corrected chi connectivity index (χ1v) is 12.7. The quantitative estimate of drug-likeness (QED) is 0.695. The Kier molecular flexibility index (Phi) is 6.16. The number of nitrogens with one attached hydrogen (secondary N) is 1. The van der Waals surface area contributed by atoms with Crippen molar-refractivity contribution in [1.29, 1.82) is 0 Å². The van der Waals surface area contributed by atoms with Crippen molar-refractivity contribution in [3.05, 3.63) is 59.1 Å². The zero-order chi connectivity index (χ0) is 23.6. The van der Waals surface area contributed by atoms with Gasteiger partial charge in [0.15, 0.2) is 0 Å². The van der Waals surface area contributed by atoms with Crippen LogP contribution in [0.1, 0.15) is 24.0 Å². The van der Waals surface area contributed by atoms with Crippen LogP contribution in [-0.4, -0.2) is 84.1 Å². The van der Waals surface area contributed by atoms with Crippen LogP contribution in [-0.2, 0) is 17.6 Å². The van der Waals surface area contributed by atoms with Gasteiger partial charge in [0.2, 0.25) is 11.9 Å². The monoisotopic (exact) mass is 472 g/mol. The number of carbonyl (C=O) groups is 1. The van der Waals surface area contributed by atoms with Crippen LogP contribution in [0.4, 0.5) is 11.6 Å². The third-order valence-electron chi connectivity index (χ3n) is 7.62. The van der Waals surface area contributed by atoms with Gasteiger partial charge >= 0.3 is 0 Å². The normalized spacial score (nSPS) is 20.3. The van der Waals surface area contributed by atoms with Gasteiger partial charge in [0.05, 0.1) is 30.3 Å². The molecule has 4 heterocycles. The number of carbonyl (C=O) groups excluding carboxylic acids is 1. The van der Waals surface area contributed by atoms with Crippen LogP contribution in [0.3, 0.4) is 0 Å². The smallest absolute Gasteiger partial charge is 0.224 e. The number of benzene rings is 1. The van der Waals surface area contributed by atoms with E-state index in [0.717, 1.165) is 69.9 Å². The molecule has 0 saturated carbocycles. The number of amides is 1. The number of aromatic nitrogens is 2. The van der Waals surface area contributed by atoms with E-state index in [1.807, 2.05) is 17.3 Å². The molecule has 35 heavy (non-hydrogen) atoms. The fourth-order valence-electron chi connectivity index (χ4n) is 5.54. The molecule has 4 aliphatic rings. The van der Waals surface area contributed by atoms with Crippen molar-refractivity contribution in [3.8, 4) is 0 Å². The van der Waals surface area contributed by atoms with E-state index in [9.17, 15) is 4.79 Å². The molecule has 1 aliphatic carbocycles. The predicted molar refractivity (Wildman–Crippen MR) is 135 cm³/mol. The number of piperazine rings is 1.